The van der Waals surface area contributed by atoms with E-state index in [0.29, 0.717) is 5.92 Å². The third kappa shape index (κ3) is 3.03. The first kappa shape index (κ1) is 14.2. The van der Waals surface area contributed by atoms with Gasteiger partial charge in [0, 0.05) is 6.04 Å². The van der Waals surface area contributed by atoms with Crippen LogP contribution in [0.25, 0.3) is 0 Å². The minimum atomic E-state index is -0.00569. The van der Waals surface area contributed by atoms with E-state index in [1.165, 1.54) is 25.7 Å². The zero-order valence-corrected chi connectivity index (χ0v) is 12.2. The van der Waals surface area contributed by atoms with Crippen LogP contribution in [0.5, 0.6) is 11.5 Å². The van der Waals surface area contributed by atoms with E-state index in [0.717, 1.165) is 23.0 Å². The topological polar surface area (TPSA) is 44.5 Å². The van der Waals surface area contributed by atoms with Gasteiger partial charge in [0.2, 0.25) is 0 Å². The standard InChI is InChI=1S/C16H25NO2/c1-11-6-4-7-12(10-11)16(17)15-13(18-2)8-5-9-14(15)19-3/h5,8-9,11-12,16H,4,6-7,10,17H2,1-3H3. The zero-order valence-electron chi connectivity index (χ0n) is 12.2. The van der Waals surface area contributed by atoms with Crippen LogP contribution >= 0.6 is 0 Å². The van der Waals surface area contributed by atoms with E-state index in [1.807, 2.05) is 18.2 Å². The summed E-state index contributed by atoms with van der Waals surface area (Å²) in [4.78, 5) is 0. The Kier molecular flexibility index (Phi) is 4.70. The summed E-state index contributed by atoms with van der Waals surface area (Å²) in [5.41, 5.74) is 7.54. The van der Waals surface area contributed by atoms with Gasteiger partial charge in [0.05, 0.1) is 19.8 Å². The van der Waals surface area contributed by atoms with E-state index in [2.05, 4.69) is 6.92 Å². The van der Waals surface area contributed by atoms with Gasteiger partial charge in [-0.2, -0.15) is 0 Å². The molecule has 1 fully saturated rings. The van der Waals surface area contributed by atoms with Crippen LogP contribution in [0.3, 0.4) is 0 Å². The molecular formula is C16H25NO2. The number of nitrogens with two attached hydrogens (primary N) is 1. The Labute approximate surface area is 116 Å². The second kappa shape index (κ2) is 6.29. The van der Waals surface area contributed by atoms with E-state index in [4.69, 9.17) is 15.2 Å². The Morgan fingerprint density at radius 1 is 1.16 bits per heavy atom. The molecule has 0 amide bonds. The molecule has 3 atom stereocenters. The summed E-state index contributed by atoms with van der Waals surface area (Å²) in [6.45, 7) is 2.32. The van der Waals surface area contributed by atoms with Crippen molar-refractivity contribution in [2.45, 2.75) is 38.6 Å². The van der Waals surface area contributed by atoms with Crippen molar-refractivity contribution < 1.29 is 9.47 Å². The zero-order chi connectivity index (χ0) is 13.8. The van der Waals surface area contributed by atoms with Crippen LogP contribution < -0.4 is 15.2 Å². The van der Waals surface area contributed by atoms with Gasteiger partial charge in [0.1, 0.15) is 11.5 Å². The highest BCUT2D eigenvalue weighted by Gasteiger charge is 2.29. The second-order valence-corrected chi connectivity index (χ2v) is 5.63. The summed E-state index contributed by atoms with van der Waals surface area (Å²) in [7, 11) is 3.38. The van der Waals surface area contributed by atoms with Crippen LogP contribution in [0.1, 0.15) is 44.2 Å². The van der Waals surface area contributed by atoms with Crippen LogP contribution in [-0.4, -0.2) is 14.2 Å². The predicted octanol–water partition coefficient (Wildman–Crippen LogP) is 3.53. The maximum Gasteiger partial charge on any atom is 0.127 e. The molecule has 3 unspecified atom stereocenters. The molecule has 3 heteroatoms. The lowest BCUT2D eigenvalue weighted by Crippen LogP contribution is -2.27. The highest BCUT2D eigenvalue weighted by atomic mass is 16.5. The molecule has 1 aromatic rings. The van der Waals surface area contributed by atoms with E-state index in [-0.39, 0.29) is 6.04 Å². The van der Waals surface area contributed by atoms with Crippen molar-refractivity contribution >= 4 is 0 Å². The average Bonchev–Trinajstić information content (AvgIpc) is 2.45. The summed E-state index contributed by atoms with van der Waals surface area (Å²) in [6, 6.07) is 5.86. The molecule has 0 saturated heterocycles. The monoisotopic (exact) mass is 263 g/mol. The average molecular weight is 263 g/mol. The first-order valence-corrected chi connectivity index (χ1v) is 7.13. The van der Waals surface area contributed by atoms with Crippen LogP contribution in [0.2, 0.25) is 0 Å². The minimum Gasteiger partial charge on any atom is -0.496 e. The fraction of sp³-hybridized carbons (Fsp3) is 0.625. The van der Waals surface area contributed by atoms with Gasteiger partial charge in [-0.1, -0.05) is 25.8 Å². The molecule has 2 N–H and O–H groups in total. The molecule has 3 nitrogen and oxygen atoms in total. The molecule has 106 valence electrons. The van der Waals surface area contributed by atoms with Gasteiger partial charge in [-0.25, -0.2) is 0 Å². The number of benzene rings is 1. The fourth-order valence-corrected chi connectivity index (χ4v) is 3.25. The molecular weight excluding hydrogens is 238 g/mol. The third-order valence-electron chi connectivity index (χ3n) is 4.28. The molecule has 1 aromatic carbocycles. The van der Waals surface area contributed by atoms with E-state index >= 15 is 0 Å². The normalized spacial score (nSPS) is 24.8. The smallest absolute Gasteiger partial charge is 0.127 e. The Hall–Kier alpha value is -1.22. The highest BCUT2D eigenvalue weighted by Crippen LogP contribution is 2.42. The van der Waals surface area contributed by atoms with Gasteiger partial charge in [-0.15, -0.1) is 0 Å². The van der Waals surface area contributed by atoms with Gasteiger partial charge >= 0.3 is 0 Å². The van der Waals surface area contributed by atoms with Crippen LogP contribution in [-0.2, 0) is 0 Å². The molecule has 0 heterocycles. The van der Waals surface area contributed by atoms with Gasteiger partial charge in [0.15, 0.2) is 0 Å². The van der Waals surface area contributed by atoms with E-state index in [9.17, 15) is 0 Å². The Morgan fingerprint density at radius 2 is 1.79 bits per heavy atom. The summed E-state index contributed by atoms with van der Waals surface area (Å²) in [5, 5.41) is 0. The molecule has 1 aliphatic rings. The first-order chi connectivity index (χ1) is 9.17. The third-order valence-corrected chi connectivity index (χ3v) is 4.28. The first-order valence-electron chi connectivity index (χ1n) is 7.13. The number of rotatable bonds is 4. The van der Waals surface area contributed by atoms with Crippen molar-refractivity contribution in [3.63, 3.8) is 0 Å². The van der Waals surface area contributed by atoms with Gasteiger partial charge in [-0.05, 0) is 36.8 Å². The van der Waals surface area contributed by atoms with Crippen LogP contribution in [0.15, 0.2) is 18.2 Å². The molecule has 0 bridgehead atoms. The maximum atomic E-state index is 6.52. The van der Waals surface area contributed by atoms with Gasteiger partial charge in [-0.3, -0.25) is 0 Å². The quantitative estimate of drug-likeness (QED) is 0.903. The maximum absolute atomic E-state index is 6.52. The number of hydrogen-bond donors (Lipinski definition) is 1. The van der Waals surface area contributed by atoms with Crippen molar-refractivity contribution in [1.29, 1.82) is 0 Å². The number of methoxy groups -OCH3 is 2. The van der Waals surface area contributed by atoms with Crippen molar-refractivity contribution in [3.05, 3.63) is 23.8 Å². The van der Waals surface area contributed by atoms with Crippen molar-refractivity contribution in [3.8, 4) is 11.5 Å². The van der Waals surface area contributed by atoms with Crippen molar-refractivity contribution in [2.24, 2.45) is 17.6 Å². The molecule has 0 aromatic heterocycles. The number of hydrogen-bond acceptors (Lipinski definition) is 3. The van der Waals surface area contributed by atoms with Gasteiger partial charge in [0.25, 0.3) is 0 Å². The molecule has 0 spiro atoms. The summed E-state index contributed by atoms with van der Waals surface area (Å²) >= 11 is 0. The Morgan fingerprint density at radius 3 is 2.32 bits per heavy atom. The minimum absolute atomic E-state index is 0.00569. The molecule has 2 rings (SSSR count). The summed E-state index contributed by atoms with van der Waals surface area (Å²) < 4.78 is 10.9. The Balaban J connectivity index is 2.28. The van der Waals surface area contributed by atoms with Crippen molar-refractivity contribution in [2.75, 3.05) is 14.2 Å². The largest absolute Gasteiger partial charge is 0.496 e. The van der Waals surface area contributed by atoms with E-state index in [1.54, 1.807) is 14.2 Å². The summed E-state index contributed by atoms with van der Waals surface area (Å²) in [5.74, 6) is 2.97. The highest BCUT2D eigenvalue weighted by molar-refractivity contribution is 5.47. The van der Waals surface area contributed by atoms with Crippen molar-refractivity contribution in [1.82, 2.24) is 0 Å². The lowest BCUT2D eigenvalue weighted by molar-refractivity contribution is 0.241. The molecule has 0 radical (unpaired) electrons. The lowest BCUT2D eigenvalue weighted by atomic mass is 9.76. The number of ether oxygens (including phenoxy) is 2. The summed E-state index contributed by atoms with van der Waals surface area (Å²) in [6.07, 6.45) is 5.00. The lowest BCUT2D eigenvalue weighted by Gasteiger charge is -2.32. The van der Waals surface area contributed by atoms with Gasteiger partial charge < -0.3 is 15.2 Å². The fourth-order valence-electron chi connectivity index (χ4n) is 3.25. The van der Waals surface area contributed by atoms with Crippen LogP contribution in [0, 0.1) is 11.8 Å². The Bertz CT molecular complexity index is 397. The molecule has 1 saturated carbocycles. The molecule has 19 heavy (non-hydrogen) atoms. The molecule has 1 aliphatic carbocycles. The SMILES string of the molecule is COc1cccc(OC)c1C(N)C1CCCC(C)C1. The second-order valence-electron chi connectivity index (χ2n) is 5.63. The predicted molar refractivity (Wildman–Crippen MR) is 77.6 cm³/mol. The molecule has 0 aliphatic heterocycles. The van der Waals surface area contributed by atoms with Crippen LogP contribution in [0.4, 0.5) is 0 Å². The van der Waals surface area contributed by atoms with E-state index < -0.39 is 0 Å².